The van der Waals surface area contributed by atoms with Crippen molar-refractivity contribution in [3.63, 3.8) is 0 Å². The Morgan fingerprint density at radius 2 is 1.76 bits per heavy atom. The molecule has 1 aromatic carbocycles. The number of ether oxygens (including phenoxy) is 2. The number of likely N-dealkylation sites (tertiary alicyclic amines) is 1. The lowest BCUT2D eigenvalue weighted by Gasteiger charge is -2.30. The van der Waals surface area contributed by atoms with Crippen LogP contribution in [0.15, 0.2) is 12.1 Å². The molecule has 4 heteroatoms. The molecule has 1 saturated heterocycles. The first-order valence-electron chi connectivity index (χ1n) is 7.86. The van der Waals surface area contributed by atoms with E-state index in [2.05, 4.69) is 11.8 Å². The van der Waals surface area contributed by atoms with Gasteiger partial charge < -0.3 is 20.1 Å². The predicted molar refractivity (Wildman–Crippen MR) is 87.1 cm³/mol. The van der Waals surface area contributed by atoms with Crippen LogP contribution in [0.5, 0.6) is 11.5 Å². The van der Waals surface area contributed by atoms with Crippen LogP contribution in [-0.4, -0.2) is 38.8 Å². The molecule has 0 amide bonds. The van der Waals surface area contributed by atoms with E-state index in [0.717, 1.165) is 42.3 Å². The Labute approximate surface area is 128 Å². The standard InChI is InChI=1S/C17H28N2O2/c1-13-6-9-19(10-7-13)8-4-5-14-11-16(20-2)17(21-3)12-15(14)18/h11-13H,4-10,18H2,1-3H3. The van der Waals surface area contributed by atoms with Crippen LogP contribution < -0.4 is 15.2 Å². The van der Waals surface area contributed by atoms with Gasteiger partial charge in [-0.15, -0.1) is 0 Å². The van der Waals surface area contributed by atoms with Crippen molar-refractivity contribution in [1.82, 2.24) is 4.90 Å². The molecule has 0 saturated carbocycles. The molecule has 1 aliphatic rings. The van der Waals surface area contributed by atoms with E-state index in [-0.39, 0.29) is 0 Å². The third-order valence-corrected chi connectivity index (χ3v) is 4.44. The van der Waals surface area contributed by atoms with Gasteiger partial charge in [-0.25, -0.2) is 0 Å². The Morgan fingerprint density at radius 3 is 2.38 bits per heavy atom. The smallest absolute Gasteiger partial charge is 0.162 e. The van der Waals surface area contributed by atoms with Crippen LogP contribution in [0.4, 0.5) is 5.69 Å². The summed E-state index contributed by atoms with van der Waals surface area (Å²) in [6.45, 7) is 5.98. The molecule has 118 valence electrons. The van der Waals surface area contributed by atoms with Crippen molar-refractivity contribution in [2.45, 2.75) is 32.6 Å². The number of piperidine rings is 1. The summed E-state index contributed by atoms with van der Waals surface area (Å²) in [5, 5.41) is 0. The Morgan fingerprint density at radius 1 is 1.14 bits per heavy atom. The summed E-state index contributed by atoms with van der Waals surface area (Å²) >= 11 is 0. The number of methoxy groups -OCH3 is 2. The number of rotatable bonds is 6. The lowest BCUT2D eigenvalue weighted by atomic mass is 9.99. The SMILES string of the molecule is COc1cc(N)c(CCCN2CCC(C)CC2)cc1OC. The van der Waals surface area contributed by atoms with Crippen LogP contribution in [0.2, 0.25) is 0 Å². The number of nitrogens with zero attached hydrogens (tertiary/aromatic N) is 1. The van der Waals surface area contributed by atoms with Crippen LogP contribution in [0.25, 0.3) is 0 Å². The molecule has 0 atom stereocenters. The highest BCUT2D eigenvalue weighted by molar-refractivity contribution is 5.58. The Bertz CT molecular complexity index is 454. The summed E-state index contributed by atoms with van der Waals surface area (Å²) < 4.78 is 10.6. The third-order valence-electron chi connectivity index (χ3n) is 4.44. The molecule has 0 aliphatic carbocycles. The van der Waals surface area contributed by atoms with Gasteiger partial charge in [-0.3, -0.25) is 0 Å². The fraction of sp³-hybridized carbons (Fsp3) is 0.647. The Kier molecular flexibility index (Phi) is 5.74. The fourth-order valence-electron chi connectivity index (χ4n) is 2.93. The number of nitrogen functional groups attached to an aromatic ring is 1. The zero-order valence-corrected chi connectivity index (χ0v) is 13.5. The second-order valence-corrected chi connectivity index (χ2v) is 6.03. The maximum Gasteiger partial charge on any atom is 0.162 e. The predicted octanol–water partition coefficient (Wildman–Crippen LogP) is 2.95. The minimum absolute atomic E-state index is 0.698. The number of nitrogens with two attached hydrogens (primary N) is 1. The molecule has 4 nitrogen and oxygen atoms in total. The number of hydrogen-bond acceptors (Lipinski definition) is 4. The van der Waals surface area contributed by atoms with E-state index in [9.17, 15) is 0 Å². The van der Waals surface area contributed by atoms with E-state index in [0.29, 0.717) is 5.75 Å². The number of anilines is 1. The van der Waals surface area contributed by atoms with E-state index >= 15 is 0 Å². The molecule has 0 unspecified atom stereocenters. The van der Waals surface area contributed by atoms with E-state index in [1.165, 1.54) is 25.9 Å². The van der Waals surface area contributed by atoms with Crippen molar-refractivity contribution in [2.75, 3.05) is 39.6 Å². The average Bonchev–Trinajstić information content (AvgIpc) is 2.50. The summed E-state index contributed by atoms with van der Waals surface area (Å²) in [6, 6.07) is 3.86. The van der Waals surface area contributed by atoms with Crippen LogP contribution in [0.3, 0.4) is 0 Å². The normalized spacial score (nSPS) is 16.9. The third kappa shape index (κ3) is 4.27. The minimum Gasteiger partial charge on any atom is -0.493 e. The molecule has 1 heterocycles. The molecule has 0 aromatic heterocycles. The molecule has 0 radical (unpaired) electrons. The molecular weight excluding hydrogens is 264 g/mol. The first-order chi connectivity index (χ1) is 10.1. The van der Waals surface area contributed by atoms with Crippen LogP contribution in [-0.2, 0) is 6.42 Å². The quantitative estimate of drug-likeness (QED) is 0.819. The first-order valence-corrected chi connectivity index (χ1v) is 7.86. The van der Waals surface area contributed by atoms with Gasteiger partial charge >= 0.3 is 0 Å². The maximum atomic E-state index is 6.11. The van der Waals surface area contributed by atoms with Gasteiger partial charge in [-0.1, -0.05) is 6.92 Å². The number of aryl methyl sites for hydroxylation is 1. The van der Waals surface area contributed by atoms with Gasteiger partial charge in [0.15, 0.2) is 11.5 Å². The molecule has 2 rings (SSSR count). The largest absolute Gasteiger partial charge is 0.493 e. The van der Waals surface area contributed by atoms with Crippen molar-refractivity contribution >= 4 is 5.69 Å². The highest BCUT2D eigenvalue weighted by Crippen LogP contribution is 2.32. The lowest BCUT2D eigenvalue weighted by molar-refractivity contribution is 0.191. The van der Waals surface area contributed by atoms with Gasteiger partial charge in [-0.2, -0.15) is 0 Å². The zero-order chi connectivity index (χ0) is 15.2. The molecule has 0 spiro atoms. The molecule has 0 bridgehead atoms. The van der Waals surface area contributed by atoms with Crippen LogP contribution >= 0.6 is 0 Å². The lowest BCUT2D eigenvalue weighted by Crippen LogP contribution is -2.33. The highest BCUT2D eigenvalue weighted by atomic mass is 16.5. The van der Waals surface area contributed by atoms with Crippen LogP contribution in [0, 0.1) is 5.92 Å². The number of benzene rings is 1. The van der Waals surface area contributed by atoms with Crippen molar-refractivity contribution in [1.29, 1.82) is 0 Å². The second kappa shape index (κ2) is 7.55. The summed E-state index contributed by atoms with van der Waals surface area (Å²) in [6.07, 6.45) is 4.78. The topological polar surface area (TPSA) is 47.7 Å². The Balaban J connectivity index is 1.88. The van der Waals surface area contributed by atoms with Gasteiger partial charge in [-0.05, 0) is 62.9 Å². The molecule has 2 N–H and O–H groups in total. The second-order valence-electron chi connectivity index (χ2n) is 6.03. The summed E-state index contributed by atoms with van der Waals surface area (Å²) in [5.41, 5.74) is 8.05. The van der Waals surface area contributed by atoms with Gasteiger partial charge in [0.05, 0.1) is 14.2 Å². The molecule has 1 aromatic rings. The zero-order valence-electron chi connectivity index (χ0n) is 13.5. The first kappa shape index (κ1) is 16.0. The molecule has 1 aliphatic heterocycles. The summed E-state index contributed by atoms with van der Waals surface area (Å²) in [4.78, 5) is 2.57. The monoisotopic (exact) mass is 292 g/mol. The van der Waals surface area contributed by atoms with E-state index in [4.69, 9.17) is 15.2 Å². The van der Waals surface area contributed by atoms with Crippen molar-refractivity contribution in [3.8, 4) is 11.5 Å². The van der Waals surface area contributed by atoms with Gasteiger partial charge in [0, 0.05) is 11.8 Å². The van der Waals surface area contributed by atoms with Gasteiger partial charge in [0.2, 0.25) is 0 Å². The minimum atomic E-state index is 0.698. The summed E-state index contributed by atoms with van der Waals surface area (Å²) in [7, 11) is 3.29. The fourth-order valence-corrected chi connectivity index (χ4v) is 2.93. The van der Waals surface area contributed by atoms with Gasteiger partial charge in [0.1, 0.15) is 0 Å². The molecule has 1 fully saturated rings. The van der Waals surface area contributed by atoms with E-state index in [1.54, 1.807) is 14.2 Å². The average molecular weight is 292 g/mol. The number of hydrogen-bond donors (Lipinski definition) is 1. The van der Waals surface area contributed by atoms with Gasteiger partial charge in [0.25, 0.3) is 0 Å². The van der Waals surface area contributed by atoms with Crippen LogP contribution in [0.1, 0.15) is 31.7 Å². The highest BCUT2D eigenvalue weighted by Gasteiger charge is 2.15. The summed E-state index contributed by atoms with van der Waals surface area (Å²) in [5.74, 6) is 2.35. The Hall–Kier alpha value is -1.42. The molecule has 21 heavy (non-hydrogen) atoms. The van der Waals surface area contributed by atoms with E-state index < -0.39 is 0 Å². The maximum absolute atomic E-state index is 6.11. The molecular formula is C17H28N2O2. The van der Waals surface area contributed by atoms with E-state index in [1.807, 2.05) is 12.1 Å². The van der Waals surface area contributed by atoms with Crippen molar-refractivity contribution < 1.29 is 9.47 Å². The van der Waals surface area contributed by atoms with Crippen molar-refractivity contribution in [3.05, 3.63) is 17.7 Å². The van der Waals surface area contributed by atoms with Crippen molar-refractivity contribution in [2.24, 2.45) is 5.92 Å².